The van der Waals surface area contributed by atoms with Crippen LogP contribution in [0.25, 0.3) is 0 Å². The van der Waals surface area contributed by atoms with Crippen LogP contribution in [0.15, 0.2) is 146 Å². The predicted molar refractivity (Wildman–Crippen MR) is 207 cm³/mol. The van der Waals surface area contributed by atoms with Crippen LogP contribution in [-0.2, 0) is 23.9 Å². The van der Waals surface area contributed by atoms with Crippen molar-refractivity contribution in [1.82, 2.24) is 4.90 Å². The third-order valence-electron chi connectivity index (χ3n) is 14.1. The van der Waals surface area contributed by atoms with Crippen LogP contribution >= 0.6 is 0 Å². The van der Waals surface area contributed by atoms with Crippen molar-refractivity contribution in [3.8, 4) is 11.5 Å². The number of nitrogens with zero attached hydrogens (tertiary/aromatic N) is 1. The van der Waals surface area contributed by atoms with Crippen LogP contribution in [0.4, 0.5) is 0 Å². The molecular weight excluding hydrogens is 655 g/mol. The molecule has 7 atom stereocenters. The molecule has 0 aromatic heterocycles. The van der Waals surface area contributed by atoms with Crippen LogP contribution in [0.5, 0.6) is 11.5 Å². The van der Waals surface area contributed by atoms with E-state index in [-0.39, 0.29) is 11.5 Å². The first-order valence-electron chi connectivity index (χ1n) is 19.3. The molecule has 2 spiro atoms. The second-order valence-corrected chi connectivity index (χ2v) is 16.6. The second kappa shape index (κ2) is 11.7. The van der Waals surface area contributed by atoms with Crippen molar-refractivity contribution in [2.45, 2.75) is 73.4 Å². The lowest BCUT2D eigenvalue weighted by Crippen LogP contribution is -2.80. The fourth-order valence-electron chi connectivity index (χ4n) is 11.6. The van der Waals surface area contributed by atoms with E-state index in [9.17, 15) is 10.2 Å². The third kappa shape index (κ3) is 4.42. The van der Waals surface area contributed by atoms with Crippen LogP contribution < -0.4 is 9.47 Å². The summed E-state index contributed by atoms with van der Waals surface area (Å²) in [5.74, 6) is 1.01. The summed E-state index contributed by atoms with van der Waals surface area (Å²) in [5.41, 5.74) is 2.47. The highest BCUT2D eigenvalue weighted by Crippen LogP contribution is 2.75. The number of likely N-dealkylation sites (tertiary alicyclic amines) is 1. The van der Waals surface area contributed by atoms with E-state index in [0.717, 1.165) is 48.2 Å². The number of piperidine rings is 1. The summed E-state index contributed by atoms with van der Waals surface area (Å²) in [4.78, 5) is 2.52. The van der Waals surface area contributed by atoms with Crippen LogP contribution in [0.2, 0.25) is 0 Å². The number of rotatable bonds is 9. The molecule has 0 unspecified atom stereocenters. The van der Waals surface area contributed by atoms with Crippen molar-refractivity contribution in [1.29, 1.82) is 0 Å². The van der Waals surface area contributed by atoms with E-state index in [0.29, 0.717) is 18.6 Å². The van der Waals surface area contributed by atoms with Crippen molar-refractivity contribution in [2.24, 2.45) is 11.3 Å². The number of fused-ring (bicyclic) bond motifs is 1. The molecule has 5 nitrogen and oxygen atoms in total. The van der Waals surface area contributed by atoms with Gasteiger partial charge in [-0.2, -0.15) is 0 Å². The first kappa shape index (κ1) is 32.9. The van der Waals surface area contributed by atoms with E-state index < -0.39 is 34.2 Å². The number of ether oxygens (including phenoxy) is 2. The lowest BCUT2D eigenvalue weighted by molar-refractivity contribution is -0.238. The van der Waals surface area contributed by atoms with Gasteiger partial charge in [-0.1, -0.05) is 140 Å². The zero-order valence-electron chi connectivity index (χ0n) is 30.5. The van der Waals surface area contributed by atoms with Gasteiger partial charge in [-0.25, -0.2) is 0 Å². The maximum absolute atomic E-state index is 13.2. The summed E-state index contributed by atoms with van der Waals surface area (Å²) in [7, 11) is 2.25. The van der Waals surface area contributed by atoms with E-state index in [4.69, 9.17) is 9.47 Å². The lowest BCUT2D eigenvalue weighted by atomic mass is 9.36. The summed E-state index contributed by atoms with van der Waals surface area (Å²) in [6.45, 7) is 2.85. The van der Waals surface area contributed by atoms with Crippen molar-refractivity contribution in [2.75, 3.05) is 13.6 Å². The molecule has 53 heavy (non-hydrogen) atoms. The fraction of sp³-hybridized carbons (Fsp3) is 0.333. The standard InChI is InChI=1S/C48H47NO4/c1-44(50,26-25-33-15-7-3-8-16-33)39-32-45-27-28-47(39,51)43-46(45)29-30-49(2)40(45)31-34-23-24-38(42(52-43)41(34)46)53-48(35-17-9-4-10-18-35,36-19-11-5-12-20-36)37-21-13-6-14-22-37/h3-24,27-28,39-40,43,50-51H,25-26,29-32H2,1-2H3/t39-,40-,43-,44-,45-,46+,47-/m1/s1. The number of benzene rings is 5. The van der Waals surface area contributed by atoms with E-state index in [1.54, 1.807) is 0 Å². The number of hydrogen-bond donors (Lipinski definition) is 2. The summed E-state index contributed by atoms with van der Waals surface area (Å²) in [6.07, 6.45) is 7.52. The number of aliphatic hydroxyl groups is 2. The van der Waals surface area contributed by atoms with Crippen LogP contribution in [0.1, 0.15) is 59.6 Å². The van der Waals surface area contributed by atoms with E-state index in [2.05, 4.69) is 115 Å². The molecule has 1 saturated heterocycles. The van der Waals surface area contributed by atoms with Crippen molar-refractivity contribution < 1.29 is 19.7 Å². The van der Waals surface area contributed by atoms with Crippen LogP contribution in [0, 0.1) is 11.3 Å². The first-order valence-corrected chi connectivity index (χ1v) is 19.3. The molecule has 5 aromatic carbocycles. The number of hydrogen-bond acceptors (Lipinski definition) is 5. The van der Waals surface area contributed by atoms with Gasteiger partial charge in [-0.05, 0) is 69.8 Å². The molecule has 2 heterocycles. The lowest BCUT2D eigenvalue weighted by Gasteiger charge is -2.71. The van der Waals surface area contributed by atoms with Gasteiger partial charge in [0.15, 0.2) is 17.1 Å². The number of likely N-dealkylation sites (N-methyl/N-ethyl adjacent to an activating group) is 1. The largest absolute Gasteiger partial charge is 0.482 e. The van der Waals surface area contributed by atoms with Gasteiger partial charge in [0.1, 0.15) is 11.7 Å². The van der Waals surface area contributed by atoms with Gasteiger partial charge in [0.2, 0.25) is 0 Å². The smallest absolute Gasteiger partial charge is 0.184 e. The van der Waals surface area contributed by atoms with Gasteiger partial charge in [-0.15, -0.1) is 0 Å². The quantitative estimate of drug-likeness (QED) is 0.121. The monoisotopic (exact) mass is 701 g/mol. The minimum atomic E-state index is -1.37. The topological polar surface area (TPSA) is 62.2 Å². The molecule has 2 fully saturated rings. The Hall–Kier alpha value is -4.68. The summed E-state index contributed by atoms with van der Waals surface area (Å²) in [5, 5.41) is 25.7. The van der Waals surface area contributed by atoms with Gasteiger partial charge in [0, 0.05) is 39.6 Å². The molecule has 2 N–H and O–H groups in total. The summed E-state index contributed by atoms with van der Waals surface area (Å²) < 4.78 is 15.0. The minimum absolute atomic E-state index is 0.220. The zero-order chi connectivity index (χ0) is 36.1. The molecule has 0 radical (unpaired) electrons. The van der Waals surface area contributed by atoms with Crippen molar-refractivity contribution >= 4 is 0 Å². The maximum atomic E-state index is 13.2. The van der Waals surface area contributed by atoms with Gasteiger partial charge >= 0.3 is 0 Å². The first-order chi connectivity index (χ1) is 25.7. The van der Waals surface area contributed by atoms with E-state index in [1.807, 2.05) is 49.4 Å². The average Bonchev–Trinajstić information content (AvgIpc) is 3.58. The third-order valence-corrected chi connectivity index (χ3v) is 14.1. The maximum Gasteiger partial charge on any atom is 0.184 e. The Morgan fingerprint density at radius 1 is 0.792 bits per heavy atom. The van der Waals surface area contributed by atoms with Crippen molar-refractivity contribution in [3.05, 3.63) is 179 Å². The van der Waals surface area contributed by atoms with Gasteiger partial charge in [-0.3, -0.25) is 0 Å². The highest BCUT2D eigenvalue weighted by atomic mass is 16.6. The molecule has 4 aliphatic carbocycles. The molecular formula is C48H47NO4. The Labute approximate surface area is 312 Å². The SMILES string of the molecule is CN1CC[C@]23c4c5ccc(OC(c6ccccc6)(c6ccccc6)c6ccccc6)c4O[C@H]2[C@@]2(O)C=C[C@@]3(C[C@@H]2[C@](C)(O)CCc2ccccc2)[C@H]1C5. The zero-order valence-corrected chi connectivity index (χ0v) is 30.5. The van der Waals surface area contributed by atoms with Crippen LogP contribution in [0.3, 0.4) is 0 Å². The molecule has 1 saturated carbocycles. The molecule has 5 heteroatoms. The normalized spacial score (nSPS) is 30.3. The average molecular weight is 702 g/mol. The van der Waals surface area contributed by atoms with Crippen molar-refractivity contribution in [3.63, 3.8) is 0 Å². The minimum Gasteiger partial charge on any atom is -0.482 e. The van der Waals surface area contributed by atoms with E-state index in [1.165, 1.54) is 16.7 Å². The van der Waals surface area contributed by atoms with Crippen LogP contribution in [-0.4, -0.2) is 52.1 Å². The highest BCUT2D eigenvalue weighted by molar-refractivity contribution is 5.66. The second-order valence-electron chi connectivity index (χ2n) is 16.6. The molecule has 11 rings (SSSR count). The molecule has 6 aliphatic rings. The molecule has 5 aromatic rings. The fourth-order valence-corrected chi connectivity index (χ4v) is 11.6. The Bertz CT molecular complexity index is 2090. The highest BCUT2D eigenvalue weighted by Gasteiger charge is 2.79. The van der Waals surface area contributed by atoms with Gasteiger partial charge in [0.05, 0.1) is 11.0 Å². The Morgan fingerprint density at radius 3 is 1.98 bits per heavy atom. The summed E-state index contributed by atoms with van der Waals surface area (Å²) in [6, 6.07) is 46.3. The molecule has 0 amide bonds. The molecule has 268 valence electrons. The predicted octanol–water partition coefficient (Wildman–Crippen LogP) is 8.01. The van der Waals surface area contributed by atoms with Gasteiger partial charge in [0.25, 0.3) is 0 Å². The Morgan fingerprint density at radius 2 is 1.38 bits per heavy atom. The Kier molecular flexibility index (Phi) is 7.24. The molecule has 4 bridgehead atoms. The summed E-state index contributed by atoms with van der Waals surface area (Å²) >= 11 is 0. The van der Waals surface area contributed by atoms with Gasteiger partial charge < -0.3 is 24.6 Å². The molecule has 2 aliphatic heterocycles. The van der Waals surface area contributed by atoms with E-state index >= 15 is 0 Å². The number of aryl methyl sites for hydroxylation is 1. The Balaban J connectivity index is 1.14.